The Labute approximate surface area is 202 Å². The third-order valence-corrected chi connectivity index (χ3v) is 6.99. The summed E-state index contributed by atoms with van der Waals surface area (Å²) in [5.74, 6) is 0.360. The second-order valence-electron chi connectivity index (χ2n) is 9.00. The first kappa shape index (κ1) is 21.1. The number of hydrogen-bond donors (Lipinski definition) is 1. The predicted molar refractivity (Wildman–Crippen MR) is 135 cm³/mol. The SMILES string of the molecule is O=C(Oc1ccc2ccccc2c1)c1cccc2c1NC(c1cccc([N+](=O)[O-])c1)C1CC=CC21. The largest absolute Gasteiger partial charge is 0.423 e. The maximum Gasteiger partial charge on any atom is 0.345 e. The van der Waals surface area contributed by atoms with Gasteiger partial charge in [-0.15, -0.1) is 0 Å². The molecule has 2 aliphatic rings. The highest BCUT2D eigenvalue weighted by Gasteiger charge is 2.39. The first-order valence-electron chi connectivity index (χ1n) is 11.6. The lowest BCUT2D eigenvalue weighted by Crippen LogP contribution is -2.30. The molecular formula is C29H22N2O4. The number of fused-ring (bicyclic) bond motifs is 4. The van der Waals surface area contributed by atoms with Crippen LogP contribution in [0.1, 0.15) is 39.9 Å². The monoisotopic (exact) mass is 462 g/mol. The van der Waals surface area contributed by atoms with Crippen LogP contribution in [-0.2, 0) is 0 Å². The van der Waals surface area contributed by atoms with E-state index < -0.39 is 5.97 Å². The van der Waals surface area contributed by atoms with Gasteiger partial charge in [0.05, 0.1) is 22.2 Å². The van der Waals surface area contributed by atoms with Crippen molar-refractivity contribution in [1.82, 2.24) is 0 Å². The molecule has 0 fully saturated rings. The zero-order valence-electron chi connectivity index (χ0n) is 18.8. The van der Waals surface area contributed by atoms with Gasteiger partial charge in [0, 0.05) is 18.1 Å². The van der Waals surface area contributed by atoms with Gasteiger partial charge in [-0.05, 0) is 52.4 Å². The molecule has 1 aliphatic heterocycles. The number of benzene rings is 4. The third kappa shape index (κ3) is 3.73. The summed E-state index contributed by atoms with van der Waals surface area (Å²) in [6, 6.07) is 25.7. The minimum atomic E-state index is -0.442. The fraction of sp³-hybridized carbons (Fsp3) is 0.138. The van der Waals surface area contributed by atoms with E-state index in [0.29, 0.717) is 11.3 Å². The van der Waals surface area contributed by atoms with E-state index in [0.717, 1.165) is 34.0 Å². The third-order valence-electron chi connectivity index (χ3n) is 6.99. The number of nitrogens with one attached hydrogen (secondary N) is 1. The van der Waals surface area contributed by atoms with Crippen LogP contribution in [0, 0.1) is 16.0 Å². The highest BCUT2D eigenvalue weighted by atomic mass is 16.6. The maximum atomic E-state index is 13.3. The van der Waals surface area contributed by atoms with Gasteiger partial charge in [-0.1, -0.05) is 66.7 Å². The topological polar surface area (TPSA) is 81.5 Å². The zero-order valence-corrected chi connectivity index (χ0v) is 18.8. The molecule has 0 saturated carbocycles. The van der Waals surface area contributed by atoms with Crippen molar-refractivity contribution in [2.45, 2.75) is 18.4 Å². The minimum Gasteiger partial charge on any atom is -0.423 e. The van der Waals surface area contributed by atoms with Gasteiger partial charge in [0.25, 0.3) is 5.69 Å². The van der Waals surface area contributed by atoms with E-state index in [1.807, 2.05) is 54.6 Å². The number of anilines is 1. The standard InChI is InChI=1S/C29H22N2O4/c32-29(35-22-15-14-18-6-1-2-7-19(18)17-22)26-13-5-12-25-23-10-4-11-24(23)27(30-28(25)26)20-8-3-9-21(16-20)31(33)34/h1-10,12-17,23-24,27,30H,11H2. The van der Waals surface area contributed by atoms with E-state index in [1.165, 1.54) is 6.07 Å². The second kappa shape index (κ2) is 8.40. The Morgan fingerprint density at radius 2 is 1.77 bits per heavy atom. The van der Waals surface area contributed by atoms with Crippen LogP contribution in [0.15, 0.2) is 97.1 Å². The molecule has 1 heterocycles. The van der Waals surface area contributed by atoms with Crippen molar-refractivity contribution >= 4 is 28.1 Å². The van der Waals surface area contributed by atoms with E-state index in [-0.39, 0.29) is 28.5 Å². The van der Waals surface area contributed by atoms with Gasteiger partial charge in [-0.25, -0.2) is 4.79 Å². The molecule has 0 amide bonds. The smallest absolute Gasteiger partial charge is 0.345 e. The summed E-state index contributed by atoms with van der Waals surface area (Å²) in [6.07, 6.45) is 5.18. The molecule has 6 heteroatoms. The number of nitro groups is 1. The summed E-state index contributed by atoms with van der Waals surface area (Å²) in [5.41, 5.74) is 3.11. The molecule has 6 rings (SSSR count). The van der Waals surface area contributed by atoms with Crippen molar-refractivity contribution in [3.05, 3.63) is 124 Å². The lowest BCUT2D eigenvalue weighted by molar-refractivity contribution is -0.384. The van der Waals surface area contributed by atoms with Gasteiger partial charge in [-0.3, -0.25) is 10.1 Å². The van der Waals surface area contributed by atoms with Gasteiger partial charge in [0.2, 0.25) is 0 Å². The number of carbonyl (C=O) groups excluding carboxylic acids is 1. The van der Waals surface area contributed by atoms with Gasteiger partial charge in [0.15, 0.2) is 0 Å². The minimum absolute atomic E-state index is 0.0570. The number of non-ortho nitro benzene ring substituents is 1. The molecule has 6 nitrogen and oxygen atoms in total. The molecule has 1 aliphatic carbocycles. The fourth-order valence-electron chi connectivity index (χ4n) is 5.35. The van der Waals surface area contributed by atoms with Gasteiger partial charge >= 0.3 is 5.97 Å². The number of carbonyl (C=O) groups is 1. The Hall–Kier alpha value is -4.45. The molecule has 3 atom stereocenters. The molecule has 0 radical (unpaired) electrons. The number of nitro benzene ring substituents is 1. The Bertz CT molecular complexity index is 1510. The molecular weight excluding hydrogens is 440 g/mol. The van der Waals surface area contributed by atoms with Gasteiger partial charge in [0.1, 0.15) is 5.75 Å². The summed E-state index contributed by atoms with van der Waals surface area (Å²) < 4.78 is 5.79. The van der Waals surface area contributed by atoms with Crippen LogP contribution >= 0.6 is 0 Å². The molecule has 0 saturated heterocycles. The fourth-order valence-corrected chi connectivity index (χ4v) is 5.35. The second-order valence-corrected chi connectivity index (χ2v) is 9.00. The number of para-hydroxylation sites is 1. The van der Waals surface area contributed by atoms with Crippen molar-refractivity contribution in [3.63, 3.8) is 0 Å². The Morgan fingerprint density at radius 3 is 2.63 bits per heavy atom. The molecule has 4 aromatic carbocycles. The van der Waals surface area contributed by atoms with Crippen molar-refractivity contribution in [3.8, 4) is 5.75 Å². The number of esters is 1. The first-order valence-corrected chi connectivity index (χ1v) is 11.6. The molecule has 0 bridgehead atoms. The van der Waals surface area contributed by atoms with Gasteiger partial charge < -0.3 is 10.1 Å². The lowest BCUT2D eigenvalue weighted by atomic mass is 9.76. The molecule has 1 N–H and O–H groups in total. The number of rotatable bonds is 4. The van der Waals surface area contributed by atoms with E-state index in [9.17, 15) is 14.9 Å². The van der Waals surface area contributed by atoms with Crippen LogP contribution in [0.4, 0.5) is 11.4 Å². The summed E-state index contributed by atoms with van der Waals surface area (Å²) in [6.45, 7) is 0. The van der Waals surface area contributed by atoms with E-state index in [1.54, 1.807) is 24.3 Å². The van der Waals surface area contributed by atoms with Crippen LogP contribution in [0.3, 0.4) is 0 Å². The van der Waals surface area contributed by atoms with E-state index in [2.05, 4.69) is 17.5 Å². The maximum absolute atomic E-state index is 13.3. The predicted octanol–water partition coefficient (Wildman–Crippen LogP) is 6.79. The first-order chi connectivity index (χ1) is 17.1. The summed E-state index contributed by atoms with van der Waals surface area (Å²) in [7, 11) is 0. The Balaban J connectivity index is 1.36. The zero-order chi connectivity index (χ0) is 23.9. The summed E-state index contributed by atoms with van der Waals surface area (Å²) in [5, 5.41) is 17.0. The van der Waals surface area contributed by atoms with Crippen LogP contribution in [0.5, 0.6) is 5.75 Å². The van der Waals surface area contributed by atoms with Crippen molar-refractivity contribution in [2.75, 3.05) is 5.32 Å². The quantitative estimate of drug-likeness (QED) is 0.119. The average Bonchev–Trinajstić information content (AvgIpc) is 3.38. The molecule has 0 spiro atoms. The van der Waals surface area contributed by atoms with Crippen LogP contribution in [0.2, 0.25) is 0 Å². The number of hydrogen-bond acceptors (Lipinski definition) is 5. The number of allylic oxidation sites excluding steroid dienone is 2. The van der Waals surface area contributed by atoms with Crippen LogP contribution in [-0.4, -0.2) is 10.9 Å². The molecule has 3 unspecified atom stereocenters. The average molecular weight is 463 g/mol. The van der Waals surface area contributed by atoms with Crippen LogP contribution in [0.25, 0.3) is 10.8 Å². The molecule has 172 valence electrons. The normalized spacial score (nSPS) is 20.1. The van der Waals surface area contributed by atoms with E-state index >= 15 is 0 Å². The number of ether oxygens (including phenoxy) is 1. The molecule has 4 aromatic rings. The lowest BCUT2D eigenvalue weighted by Gasteiger charge is -2.38. The Kier molecular flexibility index (Phi) is 5.07. The Morgan fingerprint density at radius 1 is 0.943 bits per heavy atom. The molecule has 0 aromatic heterocycles. The summed E-state index contributed by atoms with van der Waals surface area (Å²) >= 11 is 0. The van der Waals surface area contributed by atoms with Crippen molar-refractivity contribution in [2.24, 2.45) is 5.92 Å². The van der Waals surface area contributed by atoms with Crippen molar-refractivity contribution < 1.29 is 14.5 Å². The molecule has 35 heavy (non-hydrogen) atoms. The van der Waals surface area contributed by atoms with Crippen molar-refractivity contribution in [1.29, 1.82) is 0 Å². The van der Waals surface area contributed by atoms with Crippen LogP contribution < -0.4 is 10.1 Å². The van der Waals surface area contributed by atoms with E-state index in [4.69, 9.17) is 4.74 Å². The summed E-state index contributed by atoms with van der Waals surface area (Å²) in [4.78, 5) is 24.3. The highest BCUT2D eigenvalue weighted by Crippen LogP contribution is 2.51. The van der Waals surface area contributed by atoms with Gasteiger partial charge in [-0.2, -0.15) is 0 Å². The highest BCUT2D eigenvalue weighted by molar-refractivity contribution is 5.98. The number of nitrogens with zero attached hydrogens (tertiary/aromatic N) is 1.